The van der Waals surface area contributed by atoms with Gasteiger partial charge in [0.05, 0.1) is 7.11 Å². The molecule has 19 heavy (non-hydrogen) atoms. The monoisotopic (exact) mass is 264 g/mol. The average Bonchev–Trinajstić information content (AvgIpc) is 2.67. The first kappa shape index (κ1) is 13.6. The largest absolute Gasteiger partial charge is 0.481 e. The van der Waals surface area contributed by atoms with Crippen molar-refractivity contribution in [1.29, 1.82) is 0 Å². The number of nitrogens with zero attached hydrogens (tertiary/aromatic N) is 2. The molecule has 2 heterocycles. The number of ether oxygens (including phenoxy) is 1. The molecule has 104 valence electrons. The summed E-state index contributed by atoms with van der Waals surface area (Å²) in [7, 11) is 1.56. The molecule has 0 bridgehead atoms. The number of pyridine rings is 1. The smallest absolute Gasteiger partial charge is 0.339 e. The van der Waals surface area contributed by atoms with Gasteiger partial charge in [0.25, 0.3) is 0 Å². The Morgan fingerprint density at radius 1 is 1.32 bits per heavy atom. The fourth-order valence-electron chi connectivity index (χ4n) is 2.47. The second-order valence-corrected chi connectivity index (χ2v) is 4.89. The number of carboxylic acid groups (broad SMARTS) is 1. The van der Waals surface area contributed by atoms with Crippen LogP contribution in [-0.4, -0.2) is 36.3 Å². The van der Waals surface area contributed by atoms with Crippen molar-refractivity contribution in [2.75, 3.05) is 25.1 Å². The molecule has 0 amide bonds. The number of carboxylic acids is 1. The molecular formula is C14H20N2O3. The minimum absolute atomic E-state index is 0.264. The summed E-state index contributed by atoms with van der Waals surface area (Å²) < 4.78 is 5.21. The molecule has 0 radical (unpaired) electrons. The van der Waals surface area contributed by atoms with Crippen LogP contribution in [0.25, 0.3) is 0 Å². The Balaban J connectivity index is 2.42. The van der Waals surface area contributed by atoms with Crippen LogP contribution in [0.2, 0.25) is 0 Å². The molecule has 5 nitrogen and oxygen atoms in total. The van der Waals surface area contributed by atoms with E-state index in [-0.39, 0.29) is 5.56 Å². The lowest BCUT2D eigenvalue weighted by Gasteiger charge is -2.24. The van der Waals surface area contributed by atoms with Crippen LogP contribution in [0, 0.1) is 6.92 Å². The molecule has 1 aliphatic rings. The van der Waals surface area contributed by atoms with E-state index in [1.54, 1.807) is 13.2 Å². The summed E-state index contributed by atoms with van der Waals surface area (Å²) >= 11 is 0. The van der Waals surface area contributed by atoms with Gasteiger partial charge in [-0.1, -0.05) is 12.8 Å². The predicted molar refractivity (Wildman–Crippen MR) is 73.2 cm³/mol. The van der Waals surface area contributed by atoms with Crippen LogP contribution in [0.15, 0.2) is 6.07 Å². The highest BCUT2D eigenvalue weighted by atomic mass is 16.5. The topological polar surface area (TPSA) is 62.7 Å². The van der Waals surface area contributed by atoms with Gasteiger partial charge in [-0.25, -0.2) is 4.79 Å². The Labute approximate surface area is 113 Å². The number of aromatic nitrogens is 1. The van der Waals surface area contributed by atoms with Gasteiger partial charge in [-0.3, -0.25) is 0 Å². The number of methoxy groups -OCH3 is 1. The zero-order valence-electron chi connectivity index (χ0n) is 11.5. The second-order valence-electron chi connectivity index (χ2n) is 4.89. The highest BCUT2D eigenvalue weighted by molar-refractivity contribution is 5.93. The van der Waals surface area contributed by atoms with Crippen molar-refractivity contribution < 1.29 is 14.6 Å². The van der Waals surface area contributed by atoms with Crippen molar-refractivity contribution in [1.82, 2.24) is 4.98 Å². The number of aromatic carboxylic acids is 1. The van der Waals surface area contributed by atoms with Gasteiger partial charge in [0.15, 0.2) is 0 Å². The van der Waals surface area contributed by atoms with Crippen molar-refractivity contribution in [3.8, 4) is 5.88 Å². The van der Waals surface area contributed by atoms with Crippen molar-refractivity contribution in [2.45, 2.75) is 32.6 Å². The molecule has 1 aromatic heterocycles. The van der Waals surface area contributed by atoms with Gasteiger partial charge in [-0.2, -0.15) is 4.98 Å². The molecule has 0 unspecified atom stereocenters. The highest BCUT2D eigenvalue weighted by Crippen LogP contribution is 2.27. The van der Waals surface area contributed by atoms with Crippen molar-refractivity contribution in [3.63, 3.8) is 0 Å². The van der Waals surface area contributed by atoms with Crippen LogP contribution in [0.1, 0.15) is 41.6 Å². The Morgan fingerprint density at radius 2 is 1.95 bits per heavy atom. The van der Waals surface area contributed by atoms with Crippen LogP contribution >= 0.6 is 0 Å². The van der Waals surface area contributed by atoms with E-state index in [1.165, 1.54) is 12.8 Å². The molecular weight excluding hydrogens is 244 g/mol. The molecule has 0 saturated carbocycles. The van der Waals surface area contributed by atoms with Gasteiger partial charge < -0.3 is 14.7 Å². The van der Waals surface area contributed by atoms with Gasteiger partial charge in [0.2, 0.25) is 5.88 Å². The van der Waals surface area contributed by atoms with E-state index in [0.717, 1.165) is 31.5 Å². The SMILES string of the molecule is COc1nc(N2CCCCCC2)c(C(=O)O)cc1C. The minimum atomic E-state index is -0.933. The Kier molecular flexibility index (Phi) is 4.24. The molecule has 0 spiro atoms. The van der Waals surface area contributed by atoms with Gasteiger partial charge in [-0.15, -0.1) is 0 Å². The van der Waals surface area contributed by atoms with Gasteiger partial charge in [0.1, 0.15) is 11.4 Å². The van der Waals surface area contributed by atoms with E-state index in [1.807, 2.05) is 6.92 Å². The zero-order chi connectivity index (χ0) is 13.8. The Bertz CT molecular complexity index is 466. The van der Waals surface area contributed by atoms with Crippen molar-refractivity contribution in [3.05, 3.63) is 17.2 Å². The summed E-state index contributed by atoms with van der Waals surface area (Å²) in [4.78, 5) is 17.9. The summed E-state index contributed by atoms with van der Waals surface area (Å²) in [6.45, 7) is 3.53. The minimum Gasteiger partial charge on any atom is -0.481 e. The second kappa shape index (κ2) is 5.91. The molecule has 0 atom stereocenters. The molecule has 1 aliphatic heterocycles. The first-order chi connectivity index (χ1) is 9.13. The molecule has 0 aliphatic carbocycles. The molecule has 2 rings (SSSR count). The maximum absolute atomic E-state index is 11.4. The number of hydrogen-bond acceptors (Lipinski definition) is 4. The summed E-state index contributed by atoms with van der Waals surface area (Å²) in [5.41, 5.74) is 1.01. The third kappa shape index (κ3) is 2.97. The highest BCUT2D eigenvalue weighted by Gasteiger charge is 2.21. The zero-order valence-corrected chi connectivity index (χ0v) is 11.5. The molecule has 5 heteroatoms. The molecule has 1 N–H and O–H groups in total. The standard InChI is InChI=1S/C14H20N2O3/c1-10-9-11(14(17)18)12(15-13(10)19-2)16-7-5-3-4-6-8-16/h9H,3-8H2,1-2H3,(H,17,18). The van der Waals surface area contributed by atoms with Crippen LogP contribution in [0.3, 0.4) is 0 Å². The van der Waals surface area contributed by atoms with E-state index in [2.05, 4.69) is 9.88 Å². The van der Waals surface area contributed by atoms with Gasteiger partial charge in [0, 0.05) is 18.7 Å². The summed E-state index contributed by atoms with van der Waals surface area (Å²) in [6.07, 6.45) is 4.55. The first-order valence-corrected chi connectivity index (χ1v) is 6.67. The van der Waals surface area contributed by atoms with E-state index in [4.69, 9.17) is 4.74 Å². The number of anilines is 1. The Hall–Kier alpha value is -1.78. The number of carbonyl (C=O) groups is 1. The fraction of sp³-hybridized carbons (Fsp3) is 0.571. The van der Waals surface area contributed by atoms with Gasteiger partial charge >= 0.3 is 5.97 Å². The van der Waals surface area contributed by atoms with E-state index >= 15 is 0 Å². The van der Waals surface area contributed by atoms with Crippen LogP contribution in [-0.2, 0) is 0 Å². The third-order valence-corrected chi connectivity index (χ3v) is 3.48. The van der Waals surface area contributed by atoms with Crippen LogP contribution in [0.5, 0.6) is 5.88 Å². The van der Waals surface area contributed by atoms with Gasteiger partial charge in [-0.05, 0) is 25.8 Å². The number of aryl methyl sites for hydroxylation is 1. The Morgan fingerprint density at radius 3 is 2.47 bits per heavy atom. The number of hydrogen-bond donors (Lipinski definition) is 1. The maximum Gasteiger partial charge on any atom is 0.339 e. The average molecular weight is 264 g/mol. The lowest BCUT2D eigenvalue weighted by atomic mass is 10.1. The molecule has 1 aromatic rings. The van der Waals surface area contributed by atoms with E-state index in [0.29, 0.717) is 11.7 Å². The summed E-state index contributed by atoms with van der Waals surface area (Å²) in [6, 6.07) is 1.65. The predicted octanol–water partition coefficient (Wildman–Crippen LogP) is 2.48. The van der Waals surface area contributed by atoms with E-state index in [9.17, 15) is 9.90 Å². The van der Waals surface area contributed by atoms with E-state index < -0.39 is 5.97 Å². The normalized spacial score (nSPS) is 16.0. The molecule has 1 saturated heterocycles. The lowest BCUT2D eigenvalue weighted by molar-refractivity contribution is 0.0697. The summed E-state index contributed by atoms with van der Waals surface area (Å²) in [5, 5.41) is 9.35. The molecule has 1 fully saturated rings. The third-order valence-electron chi connectivity index (χ3n) is 3.48. The first-order valence-electron chi connectivity index (χ1n) is 6.67. The molecule has 0 aromatic carbocycles. The van der Waals surface area contributed by atoms with Crippen molar-refractivity contribution in [2.24, 2.45) is 0 Å². The lowest BCUT2D eigenvalue weighted by Crippen LogP contribution is -2.27. The summed E-state index contributed by atoms with van der Waals surface area (Å²) in [5.74, 6) is 0.110. The quantitative estimate of drug-likeness (QED) is 0.908. The van der Waals surface area contributed by atoms with Crippen LogP contribution in [0.4, 0.5) is 5.82 Å². The number of rotatable bonds is 3. The maximum atomic E-state index is 11.4. The van der Waals surface area contributed by atoms with Crippen LogP contribution < -0.4 is 9.64 Å². The fourth-order valence-corrected chi connectivity index (χ4v) is 2.47. The van der Waals surface area contributed by atoms with Crippen molar-refractivity contribution >= 4 is 11.8 Å².